The van der Waals surface area contributed by atoms with Gasteiger partial charge in [0.05, 0.1) is 16.0 Å². The maximum atomic E-state index is 12.6. The molecule has 0 bridgehead atoms. The molecule has 6 heteroatoms. The lowest BCUT2D eigenvalue weighted by molar-refractivity contribution is 0.317. The number of oxime groups is 1. The van der Waals surface area contributed by atoms with Crippen molar-refractivity contribution in [3.05, 3.63) is 26.6 Å². The molecule has 0 spiro atoms. The van der Waals surface area contributed by atoms with Crippen molar-refractivity contribution < 1.29 is 5.21 Å². The molecule has 0 atom stereocenters. The summed E-state index contributed by atoms with van der Waals surface area (Å²) in [6.45, 7) is 0.780. The van der Waals surface area contributed by atoms with Crippen LogP contribution in [0.25, 0.3) is 10.2 Å². The van der Waals surface area contributed by atoms with Gasteiger partial charge in [0, 0.05) is 13.0 Å². The Bertz CT molecular complexity index is 772. The standard InChI is InChI=1S/C13H13N3O2S/c17-13-10-7-3-1-4-8(15-18)11(7)19-12(10)14-9-5-2-6-16(9)13/h18H,1-6H2/b15-8+. The van der Waals surface area contributed by atoms with E-state index in [1.165, 1.54) is 11.3 Å². The van der Waals surface area contributed by atoms with Gasteiger partial charge >= 0.3 is 0 Å². The fraction of sp³-hybridized carbons (Fsp3) is 0.462. The Hall–Kier alpha value is -1.69. The van der Waals surface area contributed by atoms with E-state index in [0.717, 1.165) is 65.1 Å². The summed E-state index contributed by atoms with van der Waals surface area (Å²) in [4.78, 5) is 19.0. The Labute approximate surface area is 113 Å². The van der Waals surface area contributed by atoms with E-state index in [2.05, 4.69) is 10.1 Å². The van der Waals surface area contributed by atoms with Gasteiger partial charge in [-0.15, -0.1) is 11.3 Å². The number of aromatic nitrogens is 2. The molecule has 19 heavy (non-hydrogen) atoms. The third-order valence-electron chi connectivity index (χ3n) is 3.99. The van der Waals surface area contributed by atoms with Crippen LogP contribution in [0, 0.1) is 0 Å². The Morgan fingerprint density at radius 3 is 3.00 bits per heavy atom. The van der Waals surface area contributed by atoms with Crippen molar-refractivity contribution in [3.63, 3.8) is 0 Å². The molecule has 0 saturated carbocycles. The summed E-state index contributed by atoms with van der Waals surface area (Å²) in [6, 6.07) is 0. The minimum absolute atomic E-state index is 0.0918. The quantitative estimate of drug-likeness (QED) is 0.590. The Kier molecular flexibility index (Phi) is 2.29. The number of hydrogen-bond acceptors (Lipinski definition) is 5. The van der Waals surface area contributed by atoms with Crippen LogP contribution >= 0.6 is 11.3 Å². The fourth-order valence-electron chi connectivity index (χ4n) is 3.11. The van der Waals surface area contributed by atoms with Crippen LogP contribution in [0.3, 0.4) is 0 Å². The molecule has 1 aliphatic carbocycles. The van der Waals surface area contributed by atoms with E-state index in [-0.39, 0.29) is 5.56 Å². The SMILES string of the molecule is O=c1c2c3c(sc2nc2n1CCC2)/C(=N/O)CCC3. The first-order chi connectivity index (χ1) is 9.29. The number of rotatable bonds is 0. The molecule has 0 amide bonds. The highest BCUT2D eigenvalue weighted by Gasteiger charge is 2.26. The van der Waals surface area contributed by atoms with Crippen LogP contribution in [0.5, 0.6) is 0 Å². The van der Waals surface area contributed by atoms with Gasteiger partial charge in [0.25, 0.3) is 5.56 Å². The fourth-order valence-corrected chi connectivity index (χ4v) is 4.36. The second-order valence-corrected chi connectivity index (χ2v) is 6.08. The molecule has 5 nitrogen and oxygen atoms in total. The number of aryl methyl sites for hydroxylation is 2. The maximum Gasteiger partial charge on any atom is 0.262 e. The van der Waals surface area contributed by atoms with Crippen molar-refractivity contribution in [1.82, 2.24) is 9.55 Å². The van der Waals surface area contributed by atoms with E-state index in [1.807, 2.05) is 0 Å². The van der Waals surface area contributed by atoms with E-state index in [4.69, 9.17) is 5.21 Å². The minimum Gasteiger partial charge on any atom is -0.411 e. The van der Waals surface area contributed by atoms with Crippen molar-refractivity contribution in [2.75, 3.05) is 0 Å². The van der Waals surface area contributed by atoms with Crippen LogP contribution in [-0.4, -0.2) is 20.5 Å². The van der Waals surface area contributed by atoms with Crippen molar-refractivity contribution in [2.24, 2.45) is 5.16 Å². The molecule has 1 aliphatic heterocycles. The third kappa shape index (κ3) is 1.43. The molecule has 4 rings (SSSR count). The lowest BCUT2D eigenvalue weighted by Gasteiger charge is -2.11. The first-order valence-electron chi connectivity index (χ1n) is 6.56. The number of fused-ring (bicyclic) bond motifs is 4. The summed E-state index contributed by atoms with van der Waals surface area (Å²) in [5.41, 5.74) is 1.83. The van der Waals surface area contributed by atoms with Crippen LogP contribution < -0.4 is 5.56 Å². The van der Waals surface area contributed by atoms with Crippen LogP contribution in [0.4, 0.5) is 0 Å². The third-order valence-corrected chi connectivity index (χ3v) is 5.17. The zero-order valence-corrected chi connectivity index (χ0v) is 11.2. The predicted molar refractivity (Wildman–Crippen MR) is 73.5 cm³/mol. The molecule has 0 saturated heterocycles. The summed E-state index contributed by atoms with van der Waals surface area (Å²) in [6.07, 6.45) is 4.47. The predicted octanol–water partition coefficient (Wildman–Crippen LogP) is 1.92. The summed E-state index contributed by atoms with van der Waals surface area (Å²) in [5, 5.41) is 13.2. The molecule has 98 valence electrons. The van der Waals surface area contributed by atoms with Crippen LogP contribution in [-0.2, 0) is 19.4 Å². The topological polar surface area (TPSA) is 67.5 Å². The monoisotopic (exact) mass is 275 g/mol. The summed E-state index contributed by atoms with van der Waals surface area (Å²) in [7, 11) is 0. The van der Waals surface area contributed by atoms with Crippen molar-refractivity contribution in [3.8, 4) is 0 Å². The number of hydrogen-bond donors (Lipinski definition) is 1. The summed E-state index contributed by atoms with van der Waals surface area (Å²) < 4.78 is 1.81. The van der Waals surface area contributed by atoms with Gasteiger partial charge in [-0.1, -0.05) is 5.16 Å². The van der Waals surface area contributed by atoms with Gasteiger partial charge in [-0.3, -0.25) is 9.36 Å². The van der Waals surface area contributed by atoms with E-state index >= 15 is 0 Å². The first-order valence-corrected chi connectivity index (χ1v) is 7.37. The molecule has 0 aromatic carbocycles. The lowest BCUT2D eigenvalue weighted by atomic mass is 9.96. The second-order valence-electron chi connectivity index (χ2n) is 5.08. The highest BCUT2D eigenvalue weighted by Crippen LogP contribution is 2.34. The molecule has 2 aromatic heterocycles. The van der Waals surface area contributed by atoms with Crippen LogP contribution in [0.1, 0.15) is 35.5 Å². The molecule has 0 unspecified atom stereocenters. The molecular weight excluding hydrogens is 262 g/mol. The Morgan fingerprint density at radius 1 is 1.26 bits per heavy atom. The van der Waals surface area contributed by atoms with Gasteiger partial charge in [-0.25, -0.2) is 4.98 Å². The Morgan fingerprint density at radius 2 is 2.16 bits per heavy atom. The van der Waals surface area contributed by atoms with Crippen molar-refractivity contribution in [2.45, 2.75) is 38.6 Å². The molecule has 2 aliphatic rings. The van der Waals surface area contributed by atoms with Gasteiger partial charge in [-0.05, 0) is 31.2 Å². The highest BCUT2D eigenvalue weighted by molar-refractivity contribution is 7.20. The summed E-state index contributed by atoms with van der Waals surface area (Å²) in [5.74, 6) is 0.901. The molecule has 1 N–H and O–H groups in total. The normalized spacial score (nSPS) is 19.9. The number of thiophene rings is 1. The van der Waals surface area contributed by atoms with Crippen LogP contribution in [0.15, 0.2) is 9.95 Å². The van der Waals surface area contributed by atoms with Gasteiger partial charge in [0.1, 0.15) is 10.7 Å². The van der Waals surface area contributed by atoms with Gasteiger partial charge in [0.15, 0.2) is 0 Å². The van der Waals surface area contributed by atoms with E-state index in [9.17, 15) is 4.79 Å². The first kappa shape index (κ1) is 11.2. The minimum atomic E-state index is 0.0918. The zero-order chi connectivity index (χ0) is 13.0. The van der Waals surface area contributed by atoms with Gasteiger partial charge in [0.2, 0.25) is 0 Å². The molecule has 0 fully saturated rings. The molecule has 0 radical (unpaired) electrons. The van der Waals surface area contributed by atoms with Crippen LogP contribution in [0.2, 0.25) is 0 Å². The zero-order valence-electron chi connectivity index (χ0n) is 10.3. The van der Waals surface area contributed by atoms with E-state index < -0.39 is 0 Å². The summed E-state index contributed by atoms with van der Waals surface area (Å²) >= 11 is 1.50. The number of nitrogens with zero attached hydrogens (tertiary/aromatic N) is 3. The van der Waals surface area contributed by atoms with E-state index in [0.29, 0.717) is 5.71 Å². The molecule has 2 aromatic rings. The smallest absolute Gasteiger partial charge is 0.262 e. The average Bonchev–Trinajstić information content (AvgIpc) is 3.02. The maximum absolute atomic E-state index is 12.6. The van der Waals surface area contributed by atoms with Crippen molar-refractivity contribution in [1.29, 1.82) is 0 Å². The van der Waals surface area contributed by atoms with E-state index in [1.54, 1.807) is 4.57 Å². The average molecular weight is 275 g/mol. The molecule has 3 heterocycles. The Balaban J connectivity index is 2.11. The largest absolute Gasteiger partial charge is 0.411 e. The highest BCUT2D eigenvalue weighted by atomic mass is 32.1. The van der Waals surface area contributed by atoms with Gasteiger partial charge < -0.3 is 5.21 Å². The molecular formula is C13H13N3O2S. The van der Waals surface area contributed by atoms with Crippen molar-refractivity contribution >= 4 is 27.3 Å². The lowest BCUT2D eigenvalue weighted by Crippen LogP contribution is -2.21. The van der Waals surface area contributed by atoms with Gasteiger partial charge in [-0.2, -0.15) is 0 Å². The second kappa shape index (κ2) is 3.90.